The van der Waals surface area contributed by atoms with E-state index in [1.54, 1.807) is 12.7 Å². The van der Waals surface area contributed by atoms with E-state index in [2.05, 4.69) is 58.8 Å². The Bertz CT molecular complexity index is 707. The fourth-order valence-electron chi connectivity index (χ4n) is 3.09. The van der Waals surface area contributed by atoms with Gasteiger partial charge in [0.15, 0.2) is 5.96 Å². The maximum atomic E-state index is 5.84. The lowest BCUT2D eigenvalue weighted by Gasteiger charge is -2.24. The number of benzene rings is 1. The van der Waals surface area contributed by atoms with E-state index in [9.17, 15) is 0 Å². The Balaban J connectivity index is 1.59. The van der Waals surface area contributed by atoms with Crippen LogP contribution >= 0.6 is 0 Å². The van der Waals surface area contributed by atoms with Crippen molar-refractivity contribution in [2.75, 3.05) is 19.7 Å². The summed E-state index contributed by atoms with van der Waals surface area (Å²) in [7, 11) is 0. The van der Waals surface area contributed by atoms with Gasteiger partial charge in [-0.05, 0) is 37.8 Å². The second-order valence-corrected chi connectivity index (χ2v) is 6.86. The van der Waals surface area contributed by atoms with Crippen molar-refractivity contribution in [3.8, 4) is 0 Å². The molecule has 1 aromatic heterocycles. The number of ether oxygens (including phenoxy) is 1. The van der Waals surface area contributed by atoms with E-state index >= 15 is 0 Å². The van der Waals surface area contributed by atoms with Crippen molar-refractivity contribution in [2.24, 2.45) is 4.99 Å². The van der Waals surface area contributed by atoms with Crippen LogP contribution in [0.25, 0.3) is 0 Å². The monoisotopic (exact) mass is 356 g/mol. The topological polar surface area (TPSA) is 76.4 Å². The minimum absolute atomic E-state index is 0.0894. The predicted molar refractivity (Wildman–Crippen MR) is 102 cm³/mol. The molecule has 1 unspecified atom stereocenters. The summed E-state index contributed by atoms with van der Waals surface area (Å²) in [5, 5.41) is 10.9. The molecule has 1 atom stereocenters. The largest absolute Gasteiger partial charge is 0.373 e. The third-order valence-electron chi connectivity index (χ3n) is 4.50. The Morgan fingerprint density at radius 2 is 2.23 bits per heavy atom. The van der Waals surface area contributed by atoms with Gasteiger partial charge < -0.3 is 15.4 Å². The van der Waals surface area contributed by atoms with Gasteiger partial charge >= 0.3 is 0 Å². The van der Waals surface area contributed by atoms with Crippen molar-refractivity contribution in [1.82, 2.24) is 25.4 Å². The zero-order valence-corrected chi connectivity index (χ0v) is 15.6. The Labute approximate surface area is 154 Å². The van der Waals surface area contributed by atoms with Gasteiger partial charge in [-0.1, -0.05) is 24.3 Å². The molecule has 7 nitrogen and oxygen atoms in total. The third kappa shape index (κ3) is 5.29. The maximum Gasteiger partial charge on any atom is 0.191 e. The van der Waals surface area contributed by atoms with E-state index < -0.39 is 0 Å². The van der Waals surface area contributed by atoms with Crippen LogP contribution in [0.3, 0.4) is 0 Å². The molecule has 1 aliphatic rings. The normalized spacial score (nSPS) is 20.3. The van der Waals surface area contributed by atoms with Gasteiger partial charge in [0.25, 0.3) is 0 Å². The van der Waals surface area contributed by atoms with Crippen LogP contribution in [0.4, 0.5) is 0 Å². The zero-order valence-electron chi connectivity index (χ0n) is 15.6. The van der Waals surface area contributed by atoms with Crippen molar-refractivity contribution >= 4 is 5.96 Å². The molecule has 0 spiro atoms. The molecule has 2 aromatic rings. The van der Waals surface area contributed by atoms with Crippen LogP contribution in [0.1, 0.15) is 37.8 Å². The molecule has 1 saturated heterocycles. The van der Waals surface area contributed by atoms with Crippen molar-refractivity contribution in [1.29, 1.82) is 0 Å². The van der Waals surface area contributed by atoms with Crippen molar-refractivity contribution < 1.29 is 4.74 Å². The van der Waals surface area contributed by atoms with Gasteiger partial charge in [0.05, 0.1) is 18.7 Å². The average molecular weight is 356 g/mol. The number of nitrogens with one attached hydrogen (secondary N) is 2. The van der Waals surface area contributed by atoms with Crippen molar-refractivity contribution in [3.63, 3.8) is 0 Å². The van der Waals surface area contributed by atoms with Gasteiger partial charge in [-0.2, -0.15) is 5.10 Å². The summed E-state index contributed by atoms with van der Waals surface area (Å²) in [6.07, 6.45) is 5.49. The highest BCUT2D eigenvalue weighted by molar-refractivity contribution is 5.79. The summed E-state index contributed by atoms with van der Waals surface area (Å²) in [6.45, 7) is 8.02. The SMILES string of the molecule is CCNC(=NCc1cccc(Cn2cncn2)c1)NCC1(C)CCCO1. The van der Waals surface area contributed by atoms with Crippen LogP contribution < -0.4 is 10.6 Å². The lowest BCUT2D eigenvalue weighted by Crippen LogP contribution is -2.45. The second-order valence-electron chi connectivity index (χ2n) is 6.86. The van der Waals surface area contributed by atoms with Gasteiger partial charge in [0.2, 0.25) is 0 Å². The molecule has 7 heteroatoms. The maximum absolute atomic E-state index is 5.84. The molecule has 0 aliphatic carbocycles. The van der Waals surface area contributed by atoms with Crippen molar-refractivity contribution in [3.05, 3.63) is 48.0 Å². The zero-order chi connectivity index (χ0) is 18.2. The van der Waals surface area contributed by atoms with Gasteiger partial charge in [-0.15, -0.1) is 0 Å². The summed E-state index contributed by atoms with van der Waals surface area (Å²) >= 11 is 0. The fraction of sp³-hybridized carbons (Fsp3) is 0.526. The molecule has 3 rings (SSSR count). The van der Waals surface area contributed by atoms with E-state index in [1.807, 2.05) is 4.68 Å². The minimum atomic E-state index is -0.0894. The minimum Gasteiger partial charge on any atom is -0.373 e. The molecular weight excluding hydrogens is 328 g/mol. The number of aliphatic imine (C=N–C) groups is 1. The first kappa shape index (κ1) is 18.4. The number of aromatic nitrogens is 3. The van der Waals surface area contributed by atoms with E-state index in [4.69, 9.17) is 9.73 Å². The molecule has 1 aromatic carbocycles. The molecular formula is C19H28N6O. The number of rotatable bonds is 7. The summed E-state index contributed by atoms with van der Waals surface area (Å²) in [4.78, 5) is 8.70. The molecule has 2 heterocycles. The lowest BCUT2D eigenvalue weighted by atomic mass is 10.0. The molecule has 0 amide bonds. The summed E-state index contributed by atoms with van der Waals surface area (Å²) in [5.41, 5.74) is 2.27. The van der Waals surface area contributed by atoms with E-state index in [0.717, 1.165) is 38.5 Å². The highest BCUT2D eigenvalue weighted by atomic mass is 16.5. The molecule has 140 valence electrons. The second kappa shape index (κ2) is 8.80. The number of nitrogens with zero attached hydrogens (tertiary/aromatic N) is 4. The van der Waals surface area contributed by atoms with Crippen LogP contribution in [-0.4, -0.2) is 46.0 Å². The molecule has 0 bridgehead atoms. The molecule has 0 saturated carbocycles. The molecule has 2 N–H and O–H groups in total. The van der Waals surface area contributed by atoms with Gasteiger partial charge in [0, 0.05) is 19.7 Å². The van der Waals surface area contributed by atoms with Gasteiger partial charge in [0.1, 0.15) is 12.7 Å². The number of hydrogen-bond acceptors (Lipinski definition) is 4. The predicted octanol–water partition coefficient (Wildman–Crippen LogP) is 1.95. The van der Waals surface area contributed by atoms with Crippen molar-refractivity contribution in [2.45, 2.75) is 45.4 Å². The highest BCUT2D eigenvalue weighted by Gasteiger charge is 2.29. The van der Waals surface area contributed by atoms with E-state index in [1.165, 1.54) is 11.1 Å². The Kier molecular flexibility index (Phi) is 6.22. The Morgan fingerprint density at radius 3 is 2.96 bits per heavy atom. The number of guanidine groups is 1. The molecule has 0 radical (unpaired) electrons. The molecule has 1 fully saturated rings. The van der Waals surface area contributed by atoms with Crippen LogP contribution in [-0.2, 0) is 17.8 Å². The summed E-state index contributed by atoms with van der Waals surface area (Å²) in [6, 6.07) is 8.41. The smallest absolute Gasteiger partial charge is 0.191 e. The van der Waals surface area contributed by atoms with Crippen LogP contribution in [0.2, 0.25) is 0 Å². The van der Waals surface area contributed by atoms with Crippen LogP contribution in [0, 0.1) is 0 Å². The quantitative estimate of drug-likeness (QED) is 0.586. The van der Waals surface area contributed by atoms with E-state index in [0.29, 0.717) is 13.1 Å². The first-order chi connectivity index (χ1) is 12.7. The third-order valence-corrected chi connectivity index (χ3v) is 4.50. The first-order valence-corrected chi connectivity index (χ1v) is 9.23. The highest BCUT2D eigenvalue weighted by Crippen LogP contribution is 2.23. The number of hydrogen-bond donors (Lipinski definition) is 2. The summed E-state index contributed by atoms with van der Waals surface area (Å²) < 4.78 is 7.65. The Morgan fingerprint density at radius 1 is 1.35 bits per heavy atom. The molecule has 26 heavy (non-hydrogen) atoms. The van der Waals surface area contributed by atoms with Gasteiger partial charge in [-0.3, -0.25) is 0 Å². The van der Waals surface area contributed by atoms with E-state index in [-0.39, 0.29) is 5.60 Å². The Hall–Kier alpha value is -2.41. The first-order valence-electron chi connectivity index (χ1n) is 9.23. The standard InChI is InChI=1S/C19H28N6O/c1-3-21-18(23-13-19(2)8-5-9-26-19)22-11-16-6-4-7-17(10-16)12-25-15-20-14-24-25/h4,6-7,10,14-15H,3,5,8-9,11-13H2,1-2H3,(H2,21,22,23). The lowest BCUT2D eigenvalue weighted by molar-refractivity contribution is 0.0243. The van der Waals surface area contributed by atoms with Crippen LogP contribution in [0.5, 0.6) is 0 Å². The summed E-state index contributed by atoms with van der Waals surface area (Å²) in [5.74, 6) is 0.825. The van der Waals surface area contributed by atoms with Gasteiger partial charge in [-0.25, -0.2) is 14.7 Å². The molecule has 1 aliphatic heterocycles. The average Bonchev–Trinajstić information content (AvgIpc) is 3.30. The van der Waals surface area contributed by atoms with Crippen LogP contribution in [0.15, 0.2) is 41.9 Å². The fourth-order valence-corrected chi connectivity index (χ4v) is 3.09.